The number of ketones is 1. The Hall–Kier alpha value is -3.18. The van der Waals surface area contributed by atoms with Crippen LogP contribution in [0.15, 0.2) is 72.9 Å². The van der Waals surface area contributed by atoms with Crippen molar-refractivity contribution in [2.75, 3.05) is 11.9 Å². The Kier molecular flexibility index (Phi) is 5.61. The fourth-order valence-corrected chi connectivity index (χ4v) is 2.47. The monoisotopic (exact) mass is 366 g/mol. The van der Waals surface area contributed by atoms with Crippen molar-refractivity contribution in [2.24, 2.45) is 0 Å². The van der Waals surface area contributed by atoms with Gasteiger partial charge >= 0.3 is 0 Å². The van der Waals surface area contributed by atoms with Gasteiger partial charge in [0, 0.05) is 16.9 Å². The van der Waals surface area contributed by atoms with Crippen LogP contribution >= 0.6 is 11.6 Å². The fourth-order valence-electron chi connectivity index (χ4n) is 2.30. The van der Waals surface area contributed by atoms with Gasteiger partial charge in [-0.2, -0.15) is 0 Å². The predicted octanol–water partition coefficient (Wildman–Crippen LogP) is 3.98. The van der Waals surface area contributed by atoms with Crippen molar-refractivity contribution in [3.05, 3.63) is 89.2 Å². The number of amides is 1. The van der Waals surface area contributed by atoms with Gasteiger partial charge < -0.3 is 10.1 Å². The number of aromatic nitrogens is 1. The number of hydrogen-bond donors (Lipinski definition) is 1. The van der Waals surface area contributed by atoms with E-state index in [-0.39, 0.29) is 35.3 Å². The predicted molar refractivity (Wildman–Crippen MR) is 99.7 cm³/mol. The molecule has 0 saturated heterocycles. The number of benzene rings is 2. The summed E-state index contributed by atoms with van der Waals surface area (Å²) in [6.07, 6.45) is 1.53. The van der Waals surface area contributed by atoms with Gasteiger partial charge in [-0.25, -0.2) is 0 Å². The lowest BCUT2D eigenvalue weighted by Gasteiger charge is -2.11. The van der Waals surface area contributed by atoms with Gasteiger partial charge in [-0.15, -0.1) is 0 Å². The molecule has 1 heterocycles. The summed E-state index contributed by atoms with van der Waals surface area (Å²) in [4.78, 5) is 28.7. The number of pyridine rings is 1. The highest BCUT2D eigenvalue weighted by molar-refractivity contribution is 6.31. The Labute approximate surface area is 155 Å². The number of rotatable bonds is 6. The number of anilines is 1. The number of carbonyl (C=O) groups excluding carboxylic acids is 2. The molecule has 0 atom stereocenters. The second-order valence-corrected chi connectivity index (χ2v) is 5.82. The molecule has 0 unspecified atom stereocenters. The second-order valence-electron chi connectivity index (χ2n) is 5.39. The molecular formula is C20H15ClN2O3. The van der Waals surface area contributed by atoms with Crippen molar-refractivity contribution < 1.29 is 14.3 Å². The number of ether oxygens (including phenoxy) is 1. The SMILES string of the molecule is O=C(COc1ccc(Cl)cc1C(=O)c1ccccn1)Nc1ccccc1. The van der Waals surface area contributed by atoms with Crippen LogP contribution in [0.2, 0.25) is 5.02 Å². The summed E-state index contributed by atoms with van der Waals surface area (Å²) in [5, 5.41) is 3.11. The van der Waals surface area contributed by atoms with Crippen LogP contribution < -0.4 is 10.1 Å². The highest BCUT2D eigenvalue weighted by Crippen LogP contribution is 2.25. The van der Waals surface area contributed by atoms with E-state index in [0.717, 1.165) is 0 Å². The van der Waals surface area contributed by atoms with Crippen LogP contribution in [-0.2, 0) is 4.79 Å². The van der Waals surface area contributed by atoms with Gasteiger partial charge in [0.25, 0.3) is 5.91 Å². The van der Waals surface area contributed by atoms with Crippen LogP contribution in [0, 0.1) is 0 Å². The Bertz CT molecular complexity index is 915. The highest BCUT2D eigenvalue weighted by atomic mass is 35.5. The second kappa shape index (κ2) is 8.27. The van der Waals surface area contributed by atoms with Crippen molar-refractivity contribution in [3.8, 4) is 5.75 Å². The molecule has 0 radical (unpaired) electrons. The van der Waals surface area contributed by atoms with Crippen molar-refractivity contribution in [2.45, 2.75) is 0 Å². The molecule has 1 amide bonds. The Morgan fingerprint density at radius 3 is 2.50 bits per heavy atom. The molecule has 2 aromatic carbocycles. The summed E-state index contributed by atoms with van der Waals surface area (Å²) in [6, 6.07) is 18.8. The average Bonchev–Trinajstić information content (AvgIpc) is 2.68. The third-order valence-corrected chi connectivity index (χ3v) is 3.74. The summed E-state index contributed by atoms with van der Waals surface area (Å²) in [6.45, 7) is -0.237. The normalized spacial score (nSPS) is 10.2. The minimum absolute atomic E-state index is 0.237. The van der Waals surface area contributed by atoms with Crippen LogP contribution in [0.5, 0.6) is 5.75 Å². The van der Waals surface area contributed by atoms with E-state index in [0.29, 0.717) is 10.7 Å². The molecule has 0 saturated carbocycles. The lowest BCUT2D eigenvalue weighted by molar-refractivity contribution is -0.118. The molecule has 26 heavy (non-hydrogen) atoms. The Balaban J connectivity index is 1.74. The standard InChI is InChI=1S/C20H15ClN2O3/c21-14-9-10-18(16(12-14)20(25)17-8-4-5-11-22-17)26-13-19(24)23-15-6-2-1-3-7-15/h1-12H,13H2,(H,23,24). The van der Waals surface area contributed by atoms with Crippen LogP contribution in [0.3, 0.4) is 0 Å². The number of nitrogens with zero attached hydrogens (tertiary/aromatic N) is 1. The fraction of sp³-hybridized carbons (Fsp3) is 0.0500. The van der Waals surface area contributed by atoms with Gasteiger partial charge in [-0.1, -0.05) is 35.9 Å². The maximum absolute atomic E-state index is 12.7. The zero-order valence-corrected chi connectivity index (χ0v) is 14.4. The molecule has 0 aliphatic carbocycles. The molecule has 5 nitrogen and oxygen atoms in total. The molecular weight excluding hydrogens is 352 g/mol. The number of carbonyl (C=O) groups is 2. The highest BCUT2D eigenvalue weighted by Gasteiger charge is 2.17. The molecule has 6 heteroatoms. The summed E-state index contributed by atoms with van der Waals surface area (Å²) in [5.74, 6) is -0.387. The third kappa shape index (κ3) is 4.46. The number of halogens is 1. The van der Waals surface area contributed by atoms with Crippen molar-refractivity contribution >= 4 is 29.0 Å². The lowest BCUT2D eigenvalue weighted by atomic mass is 10.1. The molecule has 3 aromatic rings. The van der Waals surface area contributed by atoms with Gasteiger partial charge in [0.2, 0.25) is 5.78 Å². The molecule has 0 aliphatic rings. The summed E-state index contributed by atoms with van der Waals surface area (Å²) >= 11 is 6.01. The van der Waals surface area contributed by atoms with E-state index in [2.05, 4.69) is 10.3 Å². The van der Waals surface area contributed by atoms with Gasteiger partial charge in [0.15, 0.2) is 6.61 Å². The first-order valence-electron chi connectivity index (χ1n) is 7.86. The van der Waals surface area contributed by atoms with Gasteiger partial charge in [-0.05, 0) is 42.5 Å². The molecule has 0 spiro atoms. The molecule has 0 bridgehead atoms. The average molecular weight is 367 g/mol. The largest absolute Gasteiger partial charge is 0.483 e. The molecule has 0 fully saturated rings. The minimum atomic E-state index is -0.331. The molecule has 130 valence electrons. The van der Waals surface area contributed by atoms with Crippen LogP contribution in [-0.4, -0.2) is 23.3 Å². The summed E-state index contributed by atoms with van der Waals surface area (Å²) in [5.41, 5.74) is 1.19. The number of para-hydroxylation sites is 1. The minimum Gasteiger partial charge on any atom is -0.483 e. The molecule has 3 rings (SSSR count). The molecule has 1 N–H and O–H groups in total. The Morgan fingerprint density at radius 1 is 1.00 bits per heavy atom. The number of hydrogen-bond acceptors (Lipinski definition) is 4. The quantitative estimate of drug-likeness (QED) is 0.670. The lowest BCUT2D eigenvalue weighted by Crippen LogP contribution is -2.21. The van der Waals surface area contributed by atoms with Crippen molar-refractivity contribution in [1.29, 1.82) is 0 Å². The van der Waals surface area contributed by atoms with E-state index >= 15 is 0 Å². The summed E-state index contributed by atoms with van der Waals surface area (Å²) < 4.78 is 5.55. The third-order valence-electron chi connectivity index (χ3n) is 3.50. The Morgan fingerprint density at radius 2 is 1.77 bits per heavy atom. The van der Waals surface area contributed by atoms with Gasteiger partial charge in [0.05, 0.1) is 5.56 Å². The maximum Gasteiger partial charge on any atom is 0.262 e. The maximum atomic E-state index is 12.7. The topological polar surface area (TPSA) is 68.3 Å². The molecule has 1 aromatic heterocycles. The van der Waals surface area contributed by atoms with E-state index in [9.17, 15) is 9.59 Å². The van der Waals surface area contributed by atoms with Crippen LogP contribution in [0.1, 0.15) is 16.1 Å². The van der Waals surface area contributed by atoms with E-state index in [1.165, 1.54) is 12.3 Å². The van der Waals surface area contributed by atoms with Crippen molar-refractivity contribution in [3.63, 3.8) is 0 Å². The smallest absolute Gasteiger partial charge is 0.262 e. The number of nitrogens with one attached hydrogen (secondary N) is 1. The van der Waals surface area contributed by atoms with Crippen LogP contribution in [0.25, 0.3) is 0 Å². The van der Waals surface area contributed by atoms with E-state index in [1.54, 1.807) is 42.5 Å². The first kappa shape index (κ1) is 17.6. The van der Waals surface area contributed by atoms with Gasteiger partial charge in [0.1, 0.15) is 11.4 Å². The first-order valence-corrected chi connectivity index (χ1v) is 8.24. The first-order chi connectivity index (χ1) is 12.6. The zero-order valence-electron chi connectivity index (χ0n) is 13.7. The van der Waals surface area contributed by atoms with E-state index < -0.39 is 0 Å². The van der Waals surface area contributed by atoms with Gasteiger partial charge in [-0.3, -0.25) is 14.6 Å². The van der Waals surface area contributed by atoms with Crippen LogP contribution in [0.4, 0.5) is 5.69 Å². The van der Waals surface area contributed by atoms with E-state index in [1.807, 2.05) is 18.2 Å². The molecule has 0 aliphatic heterocycles. The van der Waals surface area contributed by atoms with Crippen molar-refractivity contribution in [1.82, 2.24) is 4.98 Å². The van der Waals surface area contributed by atoms with E-state index in [4.69, 9.17) is 16.3 Å². The zero-order chi connectivity index (χ0) is 18.4. The summed E-state index contributed by atoms with van der Waals surface area (Å²) in [7, 11) is 0.